The van der Waals surface area contributed by atoms with Crippen LogP contribution in [-0.4, -0.2) is 35.0 Å². The van der Waals surface area contributed by atoms with Crippen LogP contribution in [0, 0.1) is 5.92 Å². The van der Waals surface area contributed by atoms with Crippen molar-refractivity contribution in [3.63, 3.8) is 0 Å². The third-order valence-electron chi connectivity index (χ3n) is 4.63. The standard InChI is InChI=1S/C18H25NO3/c1-3-14-4-6-15(7-5-14)13(2)12-17(20)19-10-8-16(9-11-19)18(21)22/h4-7,13,16H,3,8-12H2,1-2H3,(H,21,22). The number of carbonyl (C=O) groups excluding carboxylic acids is 1. The lowest BCUT2D eigenvalue weighted by molar-refractivity contribution is -0.145. The van der Waals surface area contributed by atoms with Gasteiger partial charge in [-0.2, -0.15) is 0 Å². The van der Waals surface area contributed by atoms with E-state index in [0.717, 1.165) is 6.42 Å². The molecule has 1 aromatic rings. The van der Waals surface area contributed by atoms with Crippen molar-refractivity contribution in [3.05, 3.63) is 35.4 Å². The van der Waals surface area contributed by atoms with Gasteiger partial charge in [0.15, 0.2) is 0 Å². The Morgan fingerprint density at radius 1 is 1.23 bits per heavy atom. The number of piperidine rings is 1. The first-order valence-electron chi connectivity index (χ1n) is 8.10. The minimum atomic E-state index is -0.739. The van der Waals surface area contributed by atoms with Gasteiger partial charge in [0, 0.05) is 19.5 Å². The highest BCUT2D eigenvalue weighted by atomic mass is 16.4. The van der Waals surface area contributed by atoms with E-state index >= 15 is 0 Å². The Balaban J connectivity index is 1.87. The topological polar surface area (TPSA) is 57.6 Å². The van der Waals surface area contributed by atoms with Gasteiger partial charge in [-0.1, -0.05) is 38.1 Å². The van der Waals surface area contributed by atoms with Crippen LogP contribution in [0.5, 0.6) is 0 Å². The van der Waals surface area contributed by atoms with E-state index in [0.29, 0.717) is 32.4 Å². The van der Waals surface area contributed by atoms with Crippen molar-refractivity contribution in [1.82, 2.24) is 4.90 Å². The van der Waals surface area contributed by atoms with E-state index in [9.17, 15) is 9.59 Å². The Morgan fingerprint density at radius 2 is 1.82 bits per heavy atom. The Bertz CT molecular complexity index is 516. The van der Waals surface area contributed by atoms with Crippen molar-refractivity contribution in [2.75, 3.05) is 13.1 Å². The number of rotatable bonds is 5. The van der Waals surface area contributed by atoms with Crippen molar-refractivity contribution in [2.24, 2.45) is 5.92 Å². The van der Waals surface area contributed by atoms with Crippen LogP contribution < -0.4 is 0 Å². The highest BCUT2D eigenvalue weighted by Gasteiger charge is 2.27. The molecular formula is C18H25NO3. The van der Waals surface area contributed by atoms with Gasteiger partial charge in [-0.25, -0.2) is 0 Å². The molecule has 1 N–H and O–H groups in total. The van der Waals surface area contributed by atoms with Crippen LogP contribution in [0.4, 0.5) is 0 Å². The molecule has 22 heavy (non-hydrogen) atoms. The van der Waals surface area contributed by atoms with Gasteiger partial charge in [-0.3, -0.25) is 9.59 Å². The zero-order chi connectivity index (χ0) is 16.1. The number of likely N-dealkylation sites (tertiary alicyclic amines) is 1. The molecule has 0 aliphatic carbocycles. The summed E-state index contributed by atoms with van der Waals surface area (Å²) in [6, 6.07) is 8.45. The molecule has 4 nitrogen and oxygen atoms in total. The van der Waals surface area contributed by atoms with E-state index in [1.807, 2.05) is 4.90 Å². The normalized spacial score (nSPS) is 17.3. The molecule has 0 spiro atoms. The summed E-state index contributed by atoms with van der Waals surface area (Å²) < 4.78 is 0. The Hall–Kier alpha value is -1.84. The third-order valence-corrected chi connectivity index (χ3v) is 4.63. The van der Waals surface area contributed by atoms with Gasteiger partial charge < -0.3 is 10.0 Å². The maximum atomic E-state index is 12.4. The van der Waals surface area contributed by atoms with Crippen molar-refractivity contribution in [2.45, 2.75) is 45.4 Å². The fourth-order valence-corrected chi connectivity index (χ4v) is 2.97. The number of aliphatic carboxylic acids is 1. The van der Waals surface area contributed by atoms with Crippen LogP contribution in [0.3, 0.4) is 0 Å². The monoisotopic (exact) mass is 303 g/mol. The molecule has 1 fully saturated rings. The van der Waals surface area contributed by atoms with Crippen LogP contribution in [0.1, 0.15) is 50.2 Å². The van der Waals surface area contributed by atoms with Gasteiger partial charge in [0.25, 0.3) is 0 Å². The van der Waals surface area contributed by atoms with Crippen molar-refractivity contribution >= 4 is 11.9 Å². The third kappa shape index (κ3) is 4.09. The quantitative estimate of drug-likeness (QED) is 0.909. The average molecular weight is 303 g/mol. The second kappa shape index (κ2) is 7.43. The van der Waals surface area contributed by atoms with E-state index in [2.05, 4.69) is 38.1 Å². The number of carboxylic acid groups (broad SMARTS) is 1. The fraction of sp³-hybridized carbons (Fsp3) is 0.556. The zero-order valence-corrected chi connectivity index (χ0v) is 13.4. The van der Waals surface area contributed by atoms with Crippen LogP contribution in [0.2, 0.25) is 0 Å². The zero-order valence-electron chi connectivity index (χ0n) is 13.4. The molecule has 1 aliphatic rings. The number of amides is 1. The molecular weight excluding hydrogens is 278 g/mol. The number of hydrogen-bond acceptors (Lipinski definition) is 2. The average Bonchev–Trinajstić information content (AvgIpc) is 2.54. The van der Waals surface area contributed by atoms with Gasteiger partial charge in [-0.15, -0.1) is 0 Å². The van der Waals surface area contributed by atoms with Gasteiger partial charge in [0.2, 0.25) is 5.91 Å². The van der Waals surface area contributed by atoms with E-state index in [4.69, 9.17) is 5.11 Å². The summed E-state index contributed by atoms with van der Waals surface area (Å²) in [4.78, 5) is 25.1. The molecule has 0 saturated carbocycles. The Morgan fingerprint density at radius 3 is 2.32 bits per heavy atom. The molecule has 1 saturated heterocycles. The molecule has 1 amide bonds. The number of aryl methyl sites for hydroxylation is 1. The highest BCUT2D eigenvalue weighted by molar-refractivity contribution is 5.77. The smallest absolute Gasteiger partial charge is 0.306 e. The predicted molar refractivity (Wildman–Crippen MR) is 85.8 cm³/mol. The number of carboxylic acids is 1. The second-order valence-corrected chi connectivity index (χ2v) is 6.19. The van der Waals surface area contributed by atoms with Gasteiger partial charge in [-0.05, 0) is 36.3 Å². The molecule has 0 aromatic heterocycles. The summed E-state index contributed by atoms with van der Waals surface area (Å²) in [7, 11) is 0. The minimum Gasteiger partial charge on any atom is -0.481 e. The molecule has 0 radical (unpaired) electrons. The van der Waals surface area contributed by atoms with Crippen molar-refractivity contribution < 1.29 is 14.7 Å². The van der Waals surface area contributed by atoms with E-state index < -0.39 is 5.97 Å². The molecule has 1 heterocycles. The lowest BCUT2D eigenvalue weighted by Gasteiger charge is -2.31. The first-order valence-corrected chi connectivity index (χ1v) is 8.10. The van der Waals surface area contributed by atoms with Crippen LogP contribution >= 0.6 is 0 Å². The number of carbonyl (C=O) groups is 2. The largest absolute Gasteiger partial charge is 0.481 e. The van der Waals surface area contributed by atoms with Gasteiger partial charge in [0.1, 0.15) is 0 Å². The maximum Gasteiger partial charge on any atom is 0.306 e. The lowest BCUT2D eigenvalue weighted by Crippen LogP contribution is -2.40. The first kappa shape index (κ1) is 16.5. The number of nitrogens with zero attached hydrogens (tertiary/aromatic N) is 1. The molecule has 1 unspecified atom stereocenters. The summed E-state index contributed by atoms with van der Waals surface area (Å²) in [5.41, 5.74) is 2.49. The Kier molecular flexibility index (Phi) is 5.58. The SMILES string of the molecule is CCc1ccc(C(C)CC(=O)N2CCC(C(=O)O)CC2)cc1. The lowest BCUT2D eigenvalue weighted by atomic mass is 9.94. The Labute approximate surface area is 132 Å². The van der Waals surface area contributed by atoms with Crippen molar-refractivity contribution in [1.29, 1.82) is 0 Å². The molecule has 120 valence electrons. The van der Waals surface area contributed by atoms with Gasteiger partial charge in [0.05, 0.1) is 5.92 Å². The summed E-state index contributed by atoms with van der Waals surface area (Å²) in [6.45, 7) is 5.33. The first-order chi connectivity index (χ1) is 10.5. The molecule has 0 bridgehead atoms. The molecule has 1 aromatic carbocycles. The van der Waals surface area contributed by atoms with Crippen molar-refractivity contribution in [3.8, 4) is 0 Å². The predicted octanol–water partition coefficient (Wildman–Crippen LogP) is 3.07. The minimum absolute atomic E-state index is 0.135. The molecule has 1 aliphatic heterocycles. The highest BCUT2D eigenvalue weighted by Crippen LogP contribution is 2.23. The summed E-state index contributed by atoms with van der Waals surface area (Å²) in [5, 5.41) is 9.00. The van der Waals surface area contributed by atoms with Gasteiger partial charge >= 0.3 is 5.97 Å². The van der Waals surface area contributed by atoms with Crippen LogP contribution in [0.25, 0.3) is 0 Å². The maximum absolute atomic E-state index is 12.4. The van der Waals surface area contributed by atoms with Crippen LogP contribution in [0.15, 0.2) is 24.3 Å². The molecule has 4 heteroatoms. The number of hydrogen-bond donors (Lipinski definition) is 1. The van der Waals surface area contributed by atoms with E-state index in [-0.39, 0.29) is 17.7 Å². The molecule has 2 rings (SSSR count). The van der Waals surface area contributed by atoms with E-state index in [1.54, 1.807) is 0 Å². The summed E-state index contributed by atoms with van der Waals surface area (Å²) in [5.74, 6) is -0.703. The summed E-state index contributed by atoms with van der Waals surface area (Å²) in [6.07, 6.45) is 2.65. The fourth-order valence-electron chi connectivity index (χ4n) is 2.97. The van der Waals surface area contributed by atoms with E-state index in [1.165, 1.54) is 11.1 Å². The molecule has 1 atom stereocenters. The van der Waals surface area contributed by atoms with Crippen LogP contribution in [-0.2, 0) is 16.0 Å². The second-order valence-electron chi connectivity index (χ2n) is 6.19. The summed E-state index contributed by atoms with van der Waals surface area (Å²) >= 11 is 0. The number of benzene rings is 1.